The lowest BCUT2D eigenvalue weighted by atomic mass is 9.69. The quantitative estimate of drug-likeness (QED) is 0.775. The van der Waals surface area contributed by atoms with E-state index in [1.165, 1.54) is 19.3 Å². The van der Waals surface area contributed by atoms with Gasteiger partial charge in [0.05, 0.1) is 6.10 Å². The largest absolute Gasteiger partial charge is 0.393 e. The molecular formula is C15H26O. The Morgan fingerprint density at radius 3 is 2.44 bits per heavy atom. The van der Waals surface area contributed by atoms with E-state index in [-0.39, 0.29) is 6.10 Å². The van der Waals surface area contributed by atoms with Gasteiger partial charge in [0.25, 0.3) is 0 Å². The van der Waals surface area contributed by atoms with E-state index in [9.17, 15) is 5.11 Å². The van der Waals surface area contributed by atoms with Crippen LogP contribution < -0.4 is 0 Å². The number of rotatable bonds is 3. The zero-order chi connectivity index (χ0) is 11.7. The van der Waals surface area contributed by atoms with E-state index in [1.807, 2.05) is 6.92 Å². The molecule has 16 heavy (non-hydrogen) atoms. The van der Waals surface area contributed by atoms with Crippen molar-refractivity contribution in [1.29, 1.82) is 0 Å². The first-order valence-corrected chi connectivity index (χ1v) is 7.04. The Hall–Kier alpha value is -0.0400. The lowest BCUT2D eigenvalue weighted by Crippen LogP contribution is -2.29. The average Bonchev–Trinajstić information content (AvgIpc) is 2.98. The Labute approximate surface area is 99.6 Å². The van der Waals surface area contributed by atoms with Crippen LogP contribution in [-0.2, 0) is 0 Å². The molecule has 6 atom stereocenters. The molecule has 0 aromatic heterocycles. The van der Waals surface area contributed by atoms with Gasteiger partial charge in [-0.25, -0.2) is 0 Å². The molecule has 0 aliphatic heterocycles. The van der Waals surface area contributed by atoms with E-state index < -0.39 is 0 Å². The number of hydrogen-bond acceptors (Lipinski definition) is 1. The van der Waals surface area contributed by atoms with Crippen molar-refractivity contribution in [2.45, 2.75) is 59.5 Å². The lowest BCUT2D eigenvalue weighted by Gasteiger charge is -2.36. The first-order chi connectivity index (χ1) is 7.36. The van der Waals surface area contributed by atoms with Gasteiger partial charge < -0.3 is 5.11 Å². The molecule has 0 bridgehead atoms. The minimum Gasteiger partial charge on any atom is -0.393 e. The summed E-state index contributed by atoms with van der Waals surface area (Å²) in [6.07, 6.45) is 5.29. The molecule has 1 heteroatoms. The molecule has 0 amide bonds. The second kappa shape index (κ2) is 3.04. The van der Waals surface area contributed by atoms with Crippen molar-refractivity contribution in [2.24, 2.45) is 34.5 Å². The molecule has 3 aliphatic carbocycles. The van der Waals surface area contributed by atoms with Gasteiger partial charge in [0.2, 0.25) is 0 Å². The van der Waals surface area contributed by atoms with Crippen LogP contribution >= 0.6 is 0 Å². The summed E-state index contributed by atoms with van der Waals surface area (Å²) in [5.41, 5.74) is 1.21. The number of hydrogen-bond donors (Lipinski definition) is 1. The fourth-order valence-corrected chi connectivity index (χ4v) is 4.79. The monoisotopic (exact) mass is 222 g/mol. The summed E-state index contributed by atoms with van der Waals surface area (Å²) in [7, 11) is 0. The van der Waals surface area contributed by atoms with Crippen LogP contribution in [0.3, 0.4) is 0 Å². The molecule has 92 valence electrons. The molecule has 6 unspecified atom stereocenters. The Balaban J connectivity index is 1.66. The van der Waals surface area contributed by atoms with Crippen LogP contribution in [0, 0.1) is 34.5 Å². The van der Waals surface area contributed by atoms with Crippen LogP contribution in [0.2, 0.25) is 0 Å². The molecular weight excluding hydrogens is 196 g/mol. The van der Waals surface area contributed by atoms with Crippen molar-refractivity contribution < 1.29 is 5.11 Å². The van der Waals surface area contributed by atoms with Gasteiger partial charge in [-0.05, 0) is 67.1 Å². The number of fused-ring (bicyclic) bond motifs is 1. The van der Waals surface area contributed by atoms with E-state index in [1.54, 1.807) is 0 Å². The third-order valence-corrected chi connectivity index (χ3v) is 6.49. The van der Waals surface area contributed by atoms with Crippen molar-refractivity contribution in [3.8, 4) is 0 Å². The van der Waals surface area contributed by atoms with Gasteiger partial charge in [-0.15, -0.1) is 0 Å². The molecule has 1 N–H and O–H groups in total. The second-order valence-electron chi connectivity index (χ2n) is 7.63. The fraction of sp³-hybridized carbons (Fsp3) is 1.00. The van der Waals surface area contributed by atoms with Gasteiger partial charge in [-0.3, -0.25) is 0 Å². The maximum Gasteiger partial charge on any atom is 0.0514 e. The van der Waals surface area contributed by atoms with Crippen molar-refractivity contribution in [3.05, 3.63) is 0 Å². The van der Waals surface area contributed by atoms with Gasteiger partial charge in [-0.2, -0.15) is 0 Å². The summed E-state index contributed by atoms with van der Waals surface area (Å²) in [5.74, 6) is 3.75. The predicted molar refractivity (Wildman–Crippen MR) is 66.0 cm³/mol. The zero-order valence-electron chi connectivity index (χ0n) is 11.2. The molecule has 3 aliphatic rings. The van der Waals surface area contributed by atoms with Gasteiger partial charge >= 0.3 is 0 Å². The Kier molecular flexibility index (Phi) is 2.11. The molecule has 0 spiro atoms. The summed E-state index contributed by atoms with van der Waals surface area (Å²) in [6.45, 7) is 9.45. The van der Waals surface area contributed by atoms with Crippen LogP contribution in [0.15, 0.2) is 0 Å². The first kappa shape index (κ1) is 11.1. The summed E-state index contributed by atoms with van der Waals surface area (Å²) in [5, 5.41) is 9.46. The Morgan fingerprint density at radius 1 is 1.25 bits per heavy atom. The summed E-state index contributed by atoms with van der Waals surface area (Å²) in [4.78, 5) is 0. The Bertz CT molecular complexity index is 307. The molecule has 0 aromatic rings. The van der Waals surface area contributed by atoms with Crippen molar-refractivity contribution in [3.63, 3.8) is 0 Å². The van der Waals surface area contributed by atoms with Gasteiger partial charge in [-0.1, -0.05) is 20.8 Å². The Morgan fingerprint density at radius 2 is 1.94 bits per heavy atom. The van der Waals surface area contributed by atoms with E-state index in [4.69, 9.17) is 0 Å². The lowest BCUT2D eigenvalue weighted by molar-refractivity contribution is 0.118. The van der Waals surface area contributed by atoms with Crippen molar-refractivity contribution in [1.82, 2.24) is 0 Å². The highest BCUT2D eigenvalue weighted by molar-refractivity contribution is 5.18. The third-order valence-electron chi connectivity index (χ3n) is 6.49. The average molecular weight is 222 g/mol. The van der Waals surface area contributed by atoms with Gasteiger partial charge in [0, 0.05) is 0 Å². The minimum atomic E-state index is -0.0929. The van der Waals surface area contributed by atoms with E-state index in [0.29, 0.717) is 10.8 Å². The number of aliphatic hydroxyl groups is 1. The second-order valence-corrected chi connectivity index (χ2v) is 7.63. The number of aliphatic hydroxyl groups excluding tert-OH is 1. The van der Waals surface area contributed by atoms with Gasteiger partial charge in [0.15, 0.2) is 0 Å². The SMILES string of the molecule is CC(O)CC1CC1C1CC2CC2(C)C1(C)C. The molecule has 0 aromatic carbocycles. The van der Waals surface area contributed by atoms with E-state index >= 15 is 0 Å². The van der Waals surface area contributed by atoms with Crippen LogP contribution in [0.1, 0.15) is 53.4 Å². The molecule has 3 saturated carbocycles. The summed E-state index contributed by atoms with van der Waals surface area (Å²) < 4.78 is 0. The molecule has 3 rings (SSSR count). The van der Waals surface area contributed by atoms with E-state index in [2.05, 4.69) is 20.8 Å². The van der Waals surface area contributed by atoms with Crippen LogP contribution in [0.5, 0.6) is 0 Å². The highest BCUT2D eigenvalue weighted by Gasteiger charge is 2.69. The van der Waals surface area contributed by atoms with Crippen LogP contribution in [0.25, 0.3) is 0 Å². The smallest absolute Gasteiger partial charge is 0.0514 e. The van der Waals surface area contributed by atoms with Crippen molar-refractivity contribution >= 4 is 0 Å². The molecule has 0 radical (unpaired) electrons. The minimum absolute atomic E-state index is 0.0929. The molecule has 1 nitrogen and oxygen atoms in total. The summed E-state index contributed by atoms with van der Waals surface area (Å²) in [6, 6.07) is 0. The molecule has 0 saturated heterocycles. The fourth-order valence-electron chi connectivity index (χ4n) is 4.79. The van der Waals surface area contributed by atoms with Crippen LogP contribution in [-0.4, -0.2) is 11.2 Å². The topological polar surface area (TPSA) is 20.2 Å². The first-order valence-electron chi connectivity index (χ1n) is 7.04. The normalized spacial score (nSPS) is 54.6. The maximum atomic E-state index is 9.46. The van der Waals surface area contributed by atoms with Gasteiger partial charge in [0.1, 0.15) is 0 Å². The maximum absolute atomic E-state index is 9.46. The standard InChI is InChI=1S/C15H26O/c1-9(16)5-10-6-12(10)13-7-11-8-15(11,4)14(13,2)3/h9-13,16H,5-8H2,1-4H3. The molecule has 3 fully saturated rings. The summed E-state index contributed by atoms with van der Waals surface area (Å²) >= 11 is 0. The zero-order valence-corrected chi connectivity index (χ0v) is 11.2. The van der Waals surface area contributed by atoms with Crippen LogP contribution in [0.4, 0.5) is 0 Å². The third kappa shape index (κ3) is 1.33. The highest BCUT2D eigenvalue weighted by atomic mass is 16.3. The molecule has 0 heterocycles. The van der Waals surface area contributed by atoms with E-state index in [0.717, 1.165) is 30.1 Å². The predicted octanol–water partition coefficient (Wildman–Crippen LogP) is 3.47. The van der Waals surface area contributed by atoms with Crippen molar-refractivity contribution in [2.75, 3.05) is 0 Å². The highest BCUT2D eigenvalue weighted by Crippen LogP contribution is 2.77.